The predicted octanol–water partition coefficient (Wildman–Crippen LogP) is 5.59. The van der Waals surface area contributed by atoms with Crippen LogP contribution in [0.2, 0.25) is 6.04 Å². The number of benzene rings is 2. The van der Waals surface area contributed by atoms with Gasteiger partial charge in [-0.1, -0.05) is 117 Å². The van der Waals surface area contributed by atoms with E-state index in [4.69, 9.17) is 0 Å². The molecule has 0 bridgehead atoms. The van der Waals surface area contributed by atoms with E-state index >= 15 is 0 Å². The molecule has 0 saturated heterocycles. The highest BCUT2D eigenvalue weighted by Gasteiger charge is 2.45. The Labute approximate surface area is 188 Å². The van der Waals surface area contributed by atoms with Crippen molar-refractivity contribution in [2.75, 3.05) is 0 Å². The molecule has 30 heavy (non-hydrogen) atoms. The van der Waals surface area contributed by atoms with Crippen molar-refractivity contribution in [2.45, 2.75) is 89.6 Å². The Morgan fingerprint density at radius 1 is 0.833 bits per heavy atom. The smallest absolute Gasteiger partial charge is 0.135 e. The lowest BCUT2D eigenvalue weighted by molar-refractivity contribution is 0.611. The molecule has 2 rings (SSSR count). The molecular weight excluding hydrogens is 402 g/mol. The van der Waals surface area contributed by atoms with Gasteiger partial charge in [0.1, 0.15) is 8.07 Å². The van der Waals surface area contributed by atoms with Gasteiger partial charge in [0.05, 0.1) is 15.7 Å². The maximum absolute atomic E-state index is 13.3. The van der Waals surface area contributed by atoms with E-state index in [1.807, 2.05) is 0 Å². The Hall–Kier alpha value is -1.23. The molecule has 0 aliphatic rings. The minimum absolute atomic E-state index is 0.244. The van der Waals surface area contributed by atoms with Crippen LogP contribution < -0.4 is 15.1 Å². The average Bonchev–Trinajstić information content (AvgIpc) is 2.74. The van der Waals surface area contributed by atoms with Crippen molar-refractivity contribution in [1.82, 2.24) is 4.72 Å². The summed E-state index contributed by atoms with van der Waals surface area (Å²) in [6, 6.07) is 23.4. The van der Waals surface area contributed by atoms with Gasteiger partial charge in [-0.3, -0.25) is 0 Å². The first-order valence-electron chi connectivity index (χ1n) is 11.6. The second kappa shape index (κ2) is 12.0. The van der Waals surface area contributed by atoms with Gasteiger partial charge in [-0.15, -0.1) is 0 Å². The zero-order valence-electron chi connectivity index (χ0n) is 19.6. The van der Waals surface area contributed by atoms with Crippen molar-refractivity contribution in [3.63, 3.8) is 0 Å². The van der Waals surface area contributed by atoms with Crippen LogP contribution in [0.1, 0.15) is 73.1 Å². The highest BCUT2D eigenvalue weighted by Crippen LogP contribution is 2.25. The second-order valence-electron chi connectivity index (χ2n) is 9.35. The third-order valence-electron chi connectivity index (χ3n) is 5.98. The van der Waals surface area contributed by atoms with E-state index in [0.29, 0.717) is 0 Å². The van der Waals surface area contributed by atoms with Gasteiger partial charge < -0.3 is 0 Å². The topological polar surface area (TPSA) is 29.1 Å². The first-order valence-corrected chi connectivity index (χ1v) is 15.1. The molecule has 1 N–H and O–H groups in total. The lowest BCUT2D eigenvalue weighted by atomic mass is 10.2. The molecule has 0 radical (unpaired) electrons. The Balaban J connectivity index is 2.61. The van der Waals surface area contributed by atoms with Gasteiger partial charge in [0.25, 0.3) is 0 Å². The monoisotopic (exact) mass is 443 g/mol. The largest absolute Gasteiger partial charge is 0.242 e. The summed E-state index contributed by atoms with van der Waals surface area (Å²) in [5.41, 5.74) is 0.244. The molecule has 2 atom stereocenters. The summed E-state index contributed by atoms with van der Waals surface area (Å²) in [7, 11) is -3.28. The van der Waals surface area contributed by atoms with Gasteiger partial charge in [-0.25, -0.2) is 8.93 Å². The number of nitrogens with one attached hydrogen (secondary N) is 1. The van der Waals surface area contributed by atoms with Crippen LogP contribution in [0.5, 0.6) is 0 Å². The normalized spacial score (nSPS) is 14.4. The number of hydrogen-bond acceptors (Lipinski definition) is 1. The highest BCUT2D eigenvalue weighted by molar-refractivity contribution is 7.84. The van der Waals surface area contributed by atoms with Crippen molar-refractivity contribution in [2.24, 2.45) is 0 Å². The van der Waals surface area contributed by atoms with Gasteiger partial charge in [0.15, 0.2) is 0 Å². The van der Waals surface area contributed by atoms with Crippen LogP contribution in [0, 0.1) is 0 Å². The Kier molecular flexibility index (Phi) is 9.99. The Bertz CT molecular complexity index is 718. The van der Waals surface area contributed by atoms with Gasteiger partial charge >= 0.3 is 0 Å². The van der Waals surface area contributed by atoms with Crippen molar-refractivity contribution in [3.8, 4) is 0 Å². The minimum atomic E-state index is -2.19. The molecule has 2 aromatic carbocycles. The highest BCUT2D eigenvalue weighted by atomic mass is 32.2. The summed E-state index contributed by atoms with van der Waals surface area (Å²) in [5, 5.41) is 2.93. The van der Waals surface area contributed by atoms with E-state index < -0.39 is 19.1 Å². The van der Waals surface area contributed by atoms with Crippen LogP contribution in [0.4, 0.5) is 0 Å². The Morgan fingerprint density at radius 3 is 1.80 bits per heavy atom. The fraction of sp³-hybridized carbons (Fsp3) is 0.538. The summed E-state index contributed by atoms with van der Waals surface area (Å²) in [6.07, 6.45) is 7.16. The van der Waals surface area contributed by atoms with E-state index in [9.17, 15) is 4.21 Å². The number of unbranched alkanes of at least 4 members (excludes halogenated alkanes) is 3. The van der Waals surface area contributed by atoms with Crippen molar-refractivity contribution >= 4 is 29.4 Å². The molecule has 0 heterocycles. The summed E-state index contributed by atoms with van der Waals surface area (Å²) < 4.78 is 16.7. The molecule has 4 heteroatoms. The summed E-state index contributed by atoms with van der Waals surface area (Å²) in [4.78, 5) is 0. The molecule has 2 nitrogen and oxygen atoms in total. The van der Waals surface area contributed by atoms with Crippen LogP contribution in [-0.2, 0) is 11.0 Å². The fourth-order valence-corrected chi connectivity index (χ4v) is 11.4. The van der Waals surface area contributed by atoms with Crippen LogP contribution in [-0.4, -0.2) is 22.7 Å². The zero-order chi connectivity index (χ0) is 22.0. The predicted molar refractivity (Wildman–Crippen MR) is 137 cm³/mol. The lowest BCUT2D eigenvalue weighted by Crippen LogP contribution is -2.71. The van der Waals surface area contributed by atoms with Crippen LogP contribution >= 0.6 is 0 Å². The fourth-order valence-electron chi connectivity index (χ4n) is 4.33. The second-order valence-corrected chi connectivity index (χ2v) is 15.6. The van der Waals surface area contributed by atoms with Crippen LogP contribution in [0.25, 0.3) is 0 Å². The summed E-state index contributed by atoms with van der Waals surface area (Å²) in [6.45, 7) is 10.7. The van der Waals surface area contributed by atoms with Gasteiger partial charge in [0.2, 0.25) is 0 Å². The van der Waals surface area contributed by atoms with E-state index in [-0.39, 0.29) is 10.4 Å². The molecule has 0 aromatic heterocycles. The van der Waals surface area contributed by atoms with Crippen molar-refractivity contribution in [3.05, 3.63) is 60.7 Å². The average molecular weight is 444 g/mol. The third-order valence-corrected chi connectivity index (χ3v) is 13.3. The first kappa shape index (κ1) is 25.0. The summed E-state index contributed by atoms with van der Waals surface area (Å²) >= 11 is 0. The molecule has 2 aromatic rings. The molecule has 0 fully saturated rings. The Morgan fingerprint density at radius 2 is 1.37 bits per heavy atom. The molecule has 0 aliphatic heterocycles. The quantitative estimate of drug-likeness (QED) is 0.336. The van der Waals surface area contributed by atoms with Crippen LogP contribution in [0.3, 0.4) is 0 Å². The molecule has 166 valence electrons. The van der Waals surface area contributed by atoms with Crippen LogP contribution in [0.15, 0.2) is 60.7 Å². The molecule has 0 amide bonds. The van der Waals surface area contributed by atoms with Gasteiger partial charge in [0, 0.05) is 5.67 Å². The van der Waals surface area contributed by atoms with E-state index in [2.05, 4.69) is 100 Å². The molecule has 0 saturated carbocycles. The van der Waals surface area contributed by atoms with Crippen molar-refractivity contribution in [1.29, 1.82) is 0 Å². The molecular formula is C26H41NOSSi. The lowest BCUT2D eigenvalue weighted by Gasteiger charge is -2.41. The standard InChI is InChI=1S/C26H41NOSSi/c1-6-8-9-16-22-30(23-18-12-10-13-19-23,24-20-14-11-15-21-24)25(17-7-2)27-29(28)26(3,4)5/h10-15,18-21,25,27H,6-9,16-17,22H2,1-5H3/t25-,29?/m1/s1. The number of hydrogen-bond donors (Lipinski definition) is 1. The van der Waals surface area contributed by atoms with Gasteiger partial charge in [-0.05, 0) is 33.2 Å². The molecule has 0 aliphatic carbocycles. The number of rotatable bonds is 12. The van der Waals surface area contributed by atoms with E-state index in [0.717, 1.165) is 12.8 Å². The van der Waals surface area contributed by atoms with E-state index in [1.54, 1.807) is 0 Å². The SMILES string of the molecule is CCCCCC[Si](c1ccccc1)(c1ccccc1)[C@H](CCC)NS(=O)C(C)(C)C. The van der Waals surface area contributed by atoms with Crippen molar-refractivity contribution < 1.29 is 4.21 Å². The maximum atomic E-state index is 13.3. The zero-order valence-corrected chi connectivity index (χ0v) is 21.4. The maximum Gasteiger partial charge on any atom is 0.135 e. The van der Waals surface area contributed by atoms with Gasteiger partial charge in [-0.2, -0.15) is 0 Å². The van der Waals surface area contributed by atoms with E-state index in [1.165, 1.54) is 42.1 Å². The summed E-state index contributed by atoms with van der Waals surface area (Å²) in [5.74, 6) is 0. The third kappa shape index (κ3) is 6.38. The first-order chi connectivity index (χ1) is 14.4. The molecule has 1 unspecified atom stereocenters. The molecule has 0 spiro atoms. The minimum Gasteiger partial charge on any atom is -0.242 e.